The number of fused-ring (bicyclic) bond motifs is 1. The van der Waals surface area contributed by atoms with E-state index >= 15 is 0 Å². The van der Waals surface area contributed by atoms with Crippen molar-refractivity contribution >= 4 is 11.7 Å². The Morgan fingerprint density at radius 1 is 1.20 bits per heavy atom. The first kappa shape index (κ1) is 12.2. The fourth-order valence-corrected chi connectivity index (χ4v) is 1.79. The molecule has 104 valence electrons. The molecule has 1 aromatic heterocycles. The minimum atomic E-state index is -0.383. The maximum Gasteiger partial charge on any atom is 0.319 e. The van der Waals surface area contributed by atoms with E-state index in [1.165, 1.54) is 6.07 Å². The molecule has 1 aliphatic rings. The van der Waals surface area contributed by atoms with Crippen molar-refractivity contribution in [1.82, 2.24) is 15.5 Å². The van der Waals surface area contributed by atoms with Crippen LogP contribution >= 0.6 is 0 Å². The Hall–Kier alpha value is -2.90. The number of aromatic amines is 2. The summed E-state index contributed by atoms with van der Waals surface area (Å²) in [7, 11) is 0. The van der Waals surface area contributed by atoms with Crippen LogP contribution in [0.1, 0.15) is 5.69 Å². The lowest BCUT2D eigenvalue weighted by atomic mass is 10.3. The fraction of sp³-hybridized carbons (Fsp3) is 0.167. The van der Waals surface area contributed by atoms with Crippen LogP contribution in [0.3, 0.4) is 0 Å². The highest BCUT2D eigenvalue weighted by atomic mass is 16.7. The first-order valence-electron chi connectivity index (χ1n) is 5.92. The van der Waals surface area contributed by atoms with Crippen molar-refractivity contribution in [3.8, 4) is 11.5 Å². The predicted octanol–water partition coefficient (Wildman–Crippen LogP) is 0.753. The number of benzene rings is 1. The Morgan fingerprint density at radius 3 is 2.85 bits per heavy atom. The fourth-order valence-electron chi connectivity index (χ4n) is 1.79. The average molecular weight is 276 g/mol. The van der Waals surface area contributed by atoms with Gasteiger partial charge in [-0.1, -0.05) is 0 Å². The number of anilines is 1. The molecule has 0 saturated carbocycles. The Bertz CT molecular complexity index is 691. The van der Waals surface area contributed by atoms with Gasteiger partial charge in [-0.25, -0.2) is 4.79 Å². The third-order valence-electron chi connectivity index (χ3n) is 2.72. The van der Waals surface area contributed by atoms with Crippen LogP contribution in [0.5, 0.6) is 11.5 Å². The maximum absolute atomic E-state index is 11.7. The summed E-state index contributed by atoms with van der Waals surface area (Å²) in [5.41, 5.74) is 0.947. The van der Waals surface area contributed by atoms with Gasteiger partial charge in [0.2, 0.25) is 6.79 Å². The van der Waals surface area contributed by atoms with Gasteiger partial charge < -0.3 is 25.2 Å². The minimum absolute atomic E-state index is 0.186. The second-order valence-corrected chi connectivity index (χ2v) is 4.16. The molecule has 0 fully saturated rings. The quantitative estimate of drug-likeness (QED) is 0.663. The number of aromatic nitrogens is 2. The van der Waals surface area contributed by atoms with Crippen LogP contribution in [-0.2, 0) is 6.54 Å². The molecular formula is C12H12N4O4. The first-order chi connectivity index (χ1) is 9.70. The van der Waals surface area contributed by atoms with Crippen molar-refractivity contribution in [3.05, 3.63) is 40.3 Å². The summed E-state index contributed by atoms with van der Waals surface area (Å²) < 4.78 is 10.4. The van der Waals surface area contributed by atoms with Crippen molar-refractivity contribution in [2.45, 2.75) is 6.54 Å². The zero-order valence-corrected chi connectivity index (χ0v) is 10.4. The molecule has 0 spiro atoms. The Labute approximate surface area is 113 Å². The predicted molar refractivity (Wildman–Crippen MR) is 69.8 cm³/mol. The molecular weight excluding hydrogens is 264 g/mol. The standard InChI is InChI=1S/C12H12N4O4/c17-11-4-8(15-16-11)5-13-12(18)14-7-1-2-9-10(3-7)20-6-19-9/h1-4H,5-6H2,(H2,13,14,18)(H2,15,16,17). The van der Waals surface area contributed by atoms with Gasteiger partial charge >= 0.3 is 6.03 Å². The monoisotopic (exact) mass is 276 g/mol. The molecule has 2 heterocycles. The van der Waals surface area contributed by atoms with Gasteiger partial charge in [-0.05, 0) is 12.1 Å². The lowest BCUT2D eigenvalue weighted by Crippen LogP contribution is -2.28. The largest absolute Gasteiger partial charge is 0.454 e. The van der Waals surface area contributed by atoms with Crippen molar-refractivity contribution in [1.29, 1.82) is 0 Å². The van der Waals surface area contributed by atoms with E-state index in [1.54, 1.807) is 18.2 Å². The van der Waals surface area contributed by atoms with Crippen molar-refractivity contribution in [3.63, 3.8) is 0 Å². The Balaban J connectivity index is 1.57. The van der Waals surface area contributed by atoms with Crippen molar-refractivity contribution in [2.75, 3.05) is 12.1 Å². The molecule has 1 aliphatic heterocycles. The molecule has 0 bridgehead atoms. The number of hydrogen-bond acceptors (Lipinski definition) is 4. The highest BCUT2D eigenvalue weighted by Gasteiger charge is 2.14. The number of carbonyl (C=O) groups excluding carboxylic acids is 1. The van der Waals surface area contributed by atoms with Gasteiger partial charge in [-0.2, -0.15) is 0 Å². The number of H-pyrrole nitrogens is 2. The molecule has 20 heavy (non-hydrogen) atoms. The summed E-state index contributed by atoms with van der Waals surface area (Å²) in [6, 6.07) is 6.11. The molecule has 4 N–H and O–H groups in total. The van der Waals surface area contributed by atoms with E-state index in [1.807, 2.05) is 0 Å². The van der Waals surface area contributed by atoms with Gasteiger partial charge in [0.1, 0.15) is 0 Å². The van der Waals surface area contributed by atoms with Crippen LogP contribution < -0.4 is 25.7 Å². The van der Waals surface area contributed by atoms with Crippen LogP contribution in [0.2, 0.25) is 0 Å². The third kappa shape index (κ3) is 2.58. The highest BCUT2D eigenvalue weighted by Crippen LogP contribution is 2.34. The summed E-state index contributed by atoms with van der Waals surface area (Å²) in [4.78, 5) is 22.6. The SMILES string of the molecule is O=C(NCc1cc(=O)[nH][nH]1)Nc1ccc2c(c1)OCO2. The molecule has 0 saturated heterocycles. The van der Waals surface area contributed by atoms with E-state index in [0.717, 1.165) is 0 Å². The average Bonchev–Trinajstić information content (AvgIpc) is 3.04. The molecule has 2 amide bonds. The maximum atomic E-state index is 11.7. The van der Waals surface area contributed by atoms with Crippen LogP contribution in [0.15, 0.2) is 29.1 Å². The third-order valence-corrected chi connectivity index (χ3v) is 2.72. The summed E-state index contributed by atoms with van der Waals surface area (Å²) in [6.07, 6.45) is 0. The second-order valence-electron chi connectivity index (χ2n) is 4.16. The number of amides is 2. The van der Waals surface area contributed by atoms with Crippen LogP contribution in [0.4, 0.5) is 10.5 Å². The number of nitrogens with one attached hydrogen (secondary N) is 4. The molecule has 2 aromatic rings. The van der Waals surface area contributed by atoms with Crippen LogP contribution in [0, 0.1) is 0 Å². The molecule has 0 radical (unpaired) electrons. The van der Waals surface area contributed by atoms with E-state index in [0.29, 0.717) is 22.9 Å². The number of hydrogen-bond donors (Lipinski definition) is 4. The van der Waals surface area contributed by atoms with Crippen molar-refractivity contribution in [2.24, 2.45) is 0 Å². The van der Waals surface area contributed by atoms with E-state index < -0.39 is 0 Å². The number of rotatable bonds is 3. The topological polar surface area (TPSA) is 108 Å². The second kappa shape index (κ2) is 5.00. The molecule has 3 rings (SSSR count). The van der Waals surface area contributed by atoms with Crippen LogP contribution in [0.25, 0.3) is 0 Å². The Morgan fingerprint density at radius 2 is 2.05 bits per heavy atom. The lowest BCUT2D eigenvalue weighted by molar-refractivity contribution is 0.174. The molecule has 0 unspecified atom stereocenters. The molecule has 0 atom stereocenters. The van der Waals surface area contributed by atoms with E-state index in [-0.39, 0.29) is 24.9 Å². The van der Waals surface area contributed by atoms with Gasteiger partial charge in [0, 0.05) is 17.8 Å². The molecule has 8 heteroatoms. The summed E-state index contributed by atoms with van der Waals surface area (Å²) in [6.45, 7) is 0.404. The summed E-state index contributed by atoms with van der Waals surface area (Å²) in [5.74, 6) is 1.25. The molecule has 0 aliphatic carbocycles. The van der Waals surface area contributed by atoms with Gasteiger partial charge in [0.15, 0.2) is 11.5 Å². The summed E-state index contributed by atoms with van der Waals surface area (Å²) >= 11 is 0. The first-order valence-corrected chi connectivity index (χ1v) is 5.92. The minimum Gasteiger partial charge on any atom is -0.454 e. The van der Waals surface area contributed by atoms with Crippen molar-refractivity contribution < 1.29 is 14.3 Å². The van der Waals surface area contributed by atoms with E-state index in [2.05, 4.69) is 20.8 Å². The molecule has 8 nitrogen and oxygen atoms in total. The van der Waals surface area contributed by atoms with Gasteiger partial charge in [-0.3, -0.25) is 9.89 Å². The van der Waals surface area contributed by atoms with Gasteiger partial charge in [0.05, 0.1) is 12.2 Å². The Kier molecular flexibility index (Phi) is 3.04. The lowest BCUT2D eigenvalue weighted by Gasteiger charge is -2.07. The summed E-state index contributed by atoms with van der Waals surface area (Å²) in [5, 5.41) is 10.3. The zero-order valence-electron chi connectivity index (χ0n) is 10.4. The zero-order chi connectivity index (χ0) is 13.9. The van der Waals surface area contributed by atoms with E-state index in [9.17, 15) is 9.59 Å². The number of ether oxygens (including phenoxy) is 2. The van der Waals surface area contributed by atoms with E-state index in [4.69, 9.17) is 9.47 Å². The highest BCUT2D eigenvalue weighted by molar-refractivity contribution is 5.89. The van der Waals surface area contributed by atoms with Crippen LogP contribution in [-0.4, -0.2) is 23.0 Å². The number of carbonyl (C=O) groups is 1. The van der Waals surface area contributed by atoms with Gasteiger partial charge in [0.25, 0.3) is 5.56 Å². The smallest absolute Gasteiger partial charge is 0.319 e. The number of urea groups is 1. The molecule has 1 aromatic carbocycles. The van der Waals surface area contributed by atoms with Gasteiger partial charge in [-0.15, -0.1) is 0 Å². The normalized spacial score (nSPS) is 12.2.